The molecule has 5 heteroatoms. The molecule has 5 nitrogen and oxygen atoms in total. The number of carbonyl (C=O) groups is 1. The molecule has 1 saturated carbocycles. The number of ether oxygens (including phenoxy) is 3. The Hall–Kier alpha value is -1.69. The van der Waals surface area contributed by atoms with Crippen molar-refractivity contribution in [1.82, 2.24) is 5.32 Å². The van der Waals surface area contributed by atoms with Gasteiger partial charge in [0, 0.05) is 12.5 Å². The van der Waals surface area contributed by atoms with Crippen LogP contribution in [0.25, 0.3) is 0 Å². The summed E-state index contributed by atoms with van der Waals surface area (Å²) in [5, 5.41) is 3.63. The third-order valence-electron chi connectivity index (χ3n) is 8.20. The van der Waals surface area contributed by atoms with E-state index in [1.54, 1.807) is 5.57 Å². The zero-order valence-corrected chi connectivity index (χ0v) is 19.8. The summed E-state index contributed by atoms with van der Waals surface area (Å²) in [7, 11) is 0. The van der Waals surface area contributed by atoms with Gasteiger partial charge in [-0.3, -0.25) is 4.79 Å². The molecule has 1 N–H and O–H groups in total. The minimum atomic E-state index is -0.633. The topological polar surface area (TPSA) is 56.8 Å². The average Bonchev–Trinajstić information content (AvgIpc) is 3.05. The van der Waals surface area contributed by atoms with Crippen molar-refractivity contribution in [3.8, 4) is 0 Å². The zero-order valence-electron chi connectivity index (χ0n) is 19.8. The molecular weight excluding hydrogens is 402 g/mol. The molecule has 7 atom stereocenters. The minimum absolute atomic E-state index is 0.0102. The molecule has 1 aromatic rings. The quantitative estimate of drug-likeness (QED) is 0.540. The van der Waals surface area contributed by atoms with Crippen molar-refractivity contribution >= 4 is 5.97 Å². The molecule has 32 heavy (non-hydrogen) atoms. The first-order valence-electron chi connectivity index (χ1n) is 12.3. The Kier molecular flexibility index (Phi) is 5.71. The molecule has 0 aromatic heterocycles. The summed E-state index contributed by atoms with van der Waals surface area (Å²) in [4.78, 5) is 12.9. The first-order chi connectivity index (χ1) is 15.3. The van der Waals surface area contributed by atoms with Crippen LogP contribution >= 0.6 is 0 Å². The van der Waals surface area contributed by atoms with Crippen LogP contribution in [0, 0.1) is 23.2 Å². The zero-order chi connectivity index (χ0) is 22.5. The highest BCUT2D eigenvalue weighted by Crippen LogP contribution is 2.53. The number of benzene rings is 1. The summed E-state index contributed by atoms with van der Waals surface area (Å²) in [5.74, 6) is -0.0867. The smallest absolute Gasteiger partial charge is 0.311 e. The van der Waals surface area contributed by atoms with Gasteiger partial charge in [-0.15, -0.1) is 0 Å². The standard InChI is InChI=1S/C27H37NO4/c1-17-9-8-12-27(4)14-23-19(13-21(17)27)20(25(29)31-23)15-28-22-16-30-26(2,3)32-24(22)18-10-6-5-7-11-18/h5-7,10-11,13,17,19-20,22-24,28H,8-9,12,14-16H2,1-4H3/t17-,19+,20?,22-,23+,24-,27+/m0/s1. The number of hydrogen-bond acceptors (Lipinski definition) is 5. The van der Waals surface area contributed by atoms with E-state index in [0.717, 1.165) is 12.0 Å². The van der Waals surface area contributed by atoms with Crippen molar-refractivity contribution in [1.29, 1.82) is 0 Å². The fraction of sp³-hybridized carbons (Fsp3) is 0.667. The Bertz CT molecular complexity index is 881. The van der Waals surface area contributed by atoms with E-state index < -0.39 is 5.79 Å². The molecule has 0 spiro atoms. The van der Waals surface area contributed by atoms with Crippen LogP contribution in [-0.2, 0) is 19.0 Å². The Labute approximate surface area is 191 Å². The van der Waals surface area contributed by atoms with Crippen LogP contribution in [0.15, 0.2) is 42.0 Å². The first kappa shape index (κ1) is 22.1. The second kappa shape index (κ2) is 8.27. The normalized spacial score (nSPS) is 40.8. The Balaban J connectivity index is 1.33. The predicted molar refractivity (Wildman–Crippen MR) is 123 cm³/mol. The molecular formula is C27H37NO4. The molecule has 174 valence electrons. The molecule has 1 unspecified atom stereocenters. The van der Waals surface area contributed by atoms with Crippen LogP contribution in [0.4, 0.5) is 0 Å². The van der Waals surface area contributed by atoms with Gasteiger partial charge in [0.25, 0.3) is 0 Å². The molecule has 0 amide bonds. The van der Waals surface area contributed by atoms with Crippen LogP contribution in [0.5, 0.6) is 0 Å². The predicted octanol–water partition coefficient (Wildman–Crippen LogP) is 4.78. The van der Waals surface area contributed by atoms with E-state index >= 15 is 0 Å². The second-order valence-electron chi connectivity index (χ2n) is 11.0. The fourth-order valence-corrected chi connectivity index (χ4v) is 6.47. The van der Waals surface area contributed by atoms with Crippen molar-refractivity contribution in [3.05, 3.63) is 47.5 Å². The van der Waals surface area contributed by atoms with Gasteiger partial charge in [0.05, 0.1) is 18.6 Å². The Morgan fingerprint density at radius 3 is 2.72 bits per heavy atom. The lowest BCUT2D eigenvalue weighted by Gasteiger charge is -2.46. The lowest BCUT2D eigenvalue weighted by molar-refractivity contribution is -0.285. The Morgan fingerprint density at radius 1 is 1.16 bits per heavy atom. The summed E-state index contributed by atoms with van der Waals surface area (Å²) in [5.41, 5.74) is 2.87. The molecule has 0 radical (unpaired) electrons. The minimum Gasteiger partial charge on any atom is -0.461 e. The number of allylic oxidation sites excluding steroid dienone is 1. The summed E-state index contributed by atoms with van der Waals surface area (Å²) < 4.78 is 18.2. The first-order valence-corrected chi connectivity index (χ1v) is 12.3. The average molecular weight is 440 g/mol. The van der Waals surface area contributed by atoms with Crippen LogP contribution < -0.4 is 5.32 Å². The largest absolute Gasteiger partial charge is 0.461 e. The summed E-state index contributed by atoms with van der Waals surface area (Å²) in [6.07, 6.45) is 6.99. The summed E-state index contributed by atoms with van der Waals surface area (Å²) >= 11 is 0. The highest BCUT2D eigenvalue weighted by Gasteiger charge is 2.52. The van der Waals surface area contributed by atoms with Crippen LogP contribution in [0.1, 0.15) is 65.0 Å². The van der Waals surface area contributed by atoms with Gasteiger partial charge in [0.2, 0.25) is 0 Å². The maximum absolute atomic E-state index is 12.9. The van der Waals surface area contributed by atoms with Crippen molar-refractivity contribution in [2.24, 2.45) is 23.2 Å². The maximum Gasteiger partial charge on any atom is 0.311 e. The van der Waals surface area contributed by atoms with E-state index in [1.807, 2.05) is 32.0 Å². The maximum atomic E-state index is 12.9. The number of rotatable bonds is 4. The summed E-state index contributed by atoms with van der Waals surface area (Å²) in [6, 6.07) is 10.3. The van der Waals surface area contributed by atoms with Gasteiger partial charge >= 0.3 is 5.97 Å². The third kappa shape index (κ3) is 4.04. The second-order valence-corrected chi connectivity index (χ2v) is 11.0. The molecule has 3 fully saturated rings. The van der Waals surface area contributed by atoms with Gasteiger partial charge in [-0.1, -0.05) is 62.2 Å². The van der Waals surface area contributed by atoms with E-state index in [-0.39, 0.29) is 41.5 Å². The number of fused-ring (bicyclic) bond motifs is 2. The Morgan fingerprint density at radius 2 is 1.94 bits per heavy atom. The molecule has 1 aromatic carbocycles. The molecule has 2 saturated heterocycles. The fourth-order valence-electron chi connectivity index (χ4n) is 6.47. The van der Waals surface area contributed by atoms with Crippen molar-refractivity contribution in [3.63, 3.8) is 0 Å². The lowest BCUT2D eigenvalue weighted by Crippen LogP contribution is -2.52. The van der Waals surface area contributed by atoms with E-state index in [4.69, 9.17) is 14.2 Å². The molecule has 2 aliphatic heterocycles. The highest BCUT2D eigenvalue weighted by atomic mass is 16.7. The molecule has 2 heterocycles. The molecule has 0 bridgehead atoms. The van der Waals surface area contributed by atoms with Gasteiger partial charge in [-0.2, -0.15) is 0 Å². The summed E-state index contributed by atoms with van der Waals surface area (Å²) in [6.45, 7) is 9.74. The highest BCUT2D eigenvalue weighted by molar-refractivity contribution is 5.76. The van der Waals surface area contributed by atoms with E-state index in [0.29, 0.717) is 19.1 Å². The van der Waals surface area contributed by atoms with Crippen LogP contribution in [0.3, 0.4) is 0 Å². The number of esters is 1. The molecule has 4 aliphatic rings. The van der Waals surface area contributed by atoms with E-state index in [2.05, 4.69) is 37.4 Å². The van der Waals surface area contributed by atoms with Gasteiger partial charge in [0.1, 0.15) is 12.2 Å². The van der Waals surface area contributed by atoms with Crippen LogP contribution in [-0.4, -0.2) is 37.1 Å². The number of nitrogens with one attached hydrogen (secondary N) is 1. The number of hydrogen-bond donors (Lipinski definition) is 1. The van der Waals surface area contributed by atoms with Gasteiger partial charge in [-0.25, -0.2) is 0 Å². The SMILES string of the molecule is C[C@H]1CCC[C@]2(C)C[C@H]3OC(=O)C(CN[C@H]4COC(C)(C)O[C@H]4c4ccccc4)[C@H]3C=C12. The van der Waals surface area contributed by atoms with E-state index in [9.17, 15) is 4.79 Å². The molecule has 2 aliphatic carbocycles. The van der Waals surface area contributed by atoms with Crippen molar-refractivity contribution < 1.29 is 19.0 Å². The van der Waals surface area contributed by atoms with E-state index in [1.165, 1.54) is 19.3 Å². The monoisotopic (exact) mass is 439 g/mol. The molecule has 5 rings (SSSR count). The van der Waals surface area contributed by atoms with Crippen molar-refractivity contribution in [2.75, 3.05) is 13.2 Å². The third-order valence-corrected chi connectivity index (χ3v) is 8.20. The van der Waals surface area contributed by atoms with Gasteiger partial charge in [0.15, 0.2) is 5.79 Å². The van der Waals surface area contributed by atoms with Gasteiger partial charge in [-0.05, 0) is 50.0 Å². The van der Waals surface area contributed by atoms with Crippen LogP contribution in [0.2, 0.25) is 0 Å². The lowest BCUT2D eigenvalue weighted by atomic mass is 9.59. The van der Waals surface area contributed by atoms with Gasteiger partial charge < -0.3 is 19.5 Å². The van der Waals surface area contributed by atoms with Crippen molar-refractivity contribution in [2.45, 2.75) is 77.4 Å². The number of carbonyl (C=O) groups excluding carboxylic acids is 1.